The van der Waals surface area contributed by atoms with E-state index in [0.29, 0.717) is 47.7 Å². The summed E-state index contributed by atoms with van der Waals surface area (Å²) in [7, 11) is 3.87. The molecule has 0 saturated carbocycles. The summed E-state index contributed by atoms with van der Waals surface area (Å²) >= 11 is 6.27. The van der Waals surface area contributed by atoms with Crippen LogP contribution in [0.2, 0.25) is 5.02 Å². The molecule has 3 aromatic rings. The van der Waals surface area contributed by atoms with Crippen molar-refractivity contribution in [3.63, 3.8) is 0 Å². The Balaban J connectivity index is 1.31. The van der Waals surface area contributed by atoms with Crippen molar-refractivity contribution in [2.75, 3.05) is 49.7 Å². The summed E-state index contributed by atoms with van der Waals surface area (Å²) < 4.78 is 0. The summed E-state index contributed by atoms with van der Waals surface area (Å²) in [5, 5.41) is 9.73. The van der Waals surface area contributed by atoms with Crippen LogP contribution in [0.3, 0.4) is 0 Å². The average molecular weight is 520 g/mol. The summed E-state index contributed by atoms with van der Waals surface area (Å²) in [6.45, 7) is 1.83. The molecule has 37 heavy (non-hydrogen) atoms. The second-order valence-corrected chi connectivity index (χ2v) is 9.40. The topological polar surface area (TPSA) is 102 Å². The molecular weight excluding hydrogens is 490 g/mol. The molecule has 0 bridgehead atoms. The van der Waals surface area contributed by atoms with Crippen LogP contribution in [0.25, 0.3) is 0 Å². The van der Waals surface area contributed by atoms with E-state index in [9.17, 15) is 9.59 Å². The van der Waals surface area contributed by atoms with Crippen molar-refractivity contribution < 1.29 is 9.59 Å². The largest absolute Gasteiger partial charge is 0.350 e. The molecule has 0 unspecified atom stereocenters. The third-order valence-electron chi connectivity index (χ3n) is 5.73. The minimum Gasteiger partial charge on any atom is -0.350 e. The number of aromatic nitrogens is 2. The minimum atomic E-state index is -0.207. The molecule has 0 aliphatic carbocycles. The van der Waals surface area contributed by atoms with Crippen molar-refractivity contribution in [1.82, 2.24) is 19.8 Å². The molecule has 0 radical (unpaired) electrons. The van der Waals surface area contributed by atoms with Crippen LogP contribution >= 0.6 is 11.6 Å². The monoisotopic (exact) mass is 519 g/mol. The van der Waals surface area contributed by atoms with Gasteiger partial charge in [0.25, 0.3) is 5.91 Å². The number of rotatable bonds is 9. The third kappa shape index (κ3) is 7.52. The summed E-state index contributed by atoms with van der Waals surface area (Å²) in [6, 6.07) is 16.6. The molecule has 1 fully saturated rings. The highest BCUT2D eigenvalue weighted by atomic mass is 35.5. The van der Waals surface area contributed by atoms with E-state index in [1.54, 1.807) is 41.4 Å². The van der Waals surface area contributed by atoms with E-state index in [-0.39, 0.29) is 17.9 Å². The van der Waals surface area contributed by atoms with E-state index < -0.39 is 0 Å². The van der Waals surface area contributed by atoms with Gasteiger partial charge in [0.2, 0.25) is 11.9 Å². The van der Waals surface area contributed by atoms with Crippen LogP contribution < -0.4 is 16.0 Å². The lowest BCUT2D eigenvalue weighted by molar-refractivity contribution is -0.111. The Morgan fingerprint density at radius 3 is 2.59 bits per heavy atom. The van der Waals surface area contributed by atoms with Gasteiger partial charge in [0, 0.05) is 48.7 Å². The number of halogens is 1. The highest BCUT2D eigenvalue weighted by Crippen LogP contribution is 2.25. The van der Waals surface area contributed by atoms with Gasteiger partial charge in [-0.15, -0.1) is 0 Å². The zero-order valence-electron chi connectivity index (χ0n) is 20.8. The maximum Gasteiger partial charge on any atom is 0.253 e. The summed E-state index contributed by atoms with van der Waals surface area (Å²) in [6.07, 6.45) is 5.62. The van der Waals surface area contributed by atoms with Crippen LogP contribution in [0.4, 0.5) is 23.1 Å². The standard InChI is InChI=1S/C27H30ClN7O2/c1-34(2)15-6-9-24(36)30-21-12-10-19(11-13-21)26(37)35-16-14-22(18-35)32-27-29-17-23(28)25(33-27)31-20-7-4-3-5-8-20/h3-13,17,22H,14-16,18H2,1-2H3,(H,30,36)(H2,29,31,32,33)/b9-6+/t22-/m0/s1. The molecule has 1 atom stereocenters. The van der Waals surface area contributed by atoms with Gasteiger partial charge in [-0.2, -0.15) is 4.98 Å². The number of hydrogen-bond donors (Lipinski definition) is 3. The fourth-order valence-electron chi connectivity index (χ4n) is 3.86. The maximum atomic E-state index is 13.0. The number of likely N-dealkylation sites (tertiary alicyclic amines) is 1. The highest BCUT2D eigenvalue weighted by molar-refractivity contribution is 6.32. The van der Waals surface area contributed by atoms with Crippen molar-refractivity contribution >= 4 is 46.6 Å². The summed E-state index contributed by atoms with van der Waals surface area (Å²) in [4.78, 5) is 37.6. The molecule has 1 aromatic heterocycles. The zero-order chi connectivity index (χ0) is 26.2. The van der Waals surface area contributed by atoms with Gasteiger partial charge in [0.15, 0.2) is 5.82 Å². The molecule has 192 valence electrons. The molecule has 0 spiro atoms. The number of hydrogen-bond acceptors (Lipinski definition) is 7. The molecule has 2 amide bonds. The van der Waals surface area contributed by atoms with Gasteiger partial charge in [-0.1, -0.05) is 35.9 Å². The molecule has 4 rings (SSSR count). The van der Waals surface area contributed by atoms with Crippen LogP contribution in [0.5, 0.6) is 0 Å². The molecule has 9 nitrogen and oxygen atoms in total. The Kier molecular flexibility index (Phi) is 8.71. The Morgan fingerprint density at radius 1 is 1.11 bits per heavy atom. The average Bonchev–Trinajstić information content (AvgIpc) is 3.35. The van der Waals surface area contributed by atoms with Gasteiger partial charge in [0.05, 0.1) is 6.20 Å². The minimum absolute atomic E-state index is 0.0159. The molecule has 1 saturated heterocycles. The second kappa shape index (κ2) is 12.3. The number of carbonyl (C=O) groups is 2. The zero-order valence-corrected chi connectivity index (χ0v) is 21.6. The molecule has 1 aliphatic rings. The van der Waals surface area contributed by atoms with Gasteiger partial charge < -0.3 is 25.8 Å². The molecule has 3 N–H and O–H groups in total. The fourth-order valence-corrected chi connectivity index (χ4v) is 4.00. The first-order valence-electron chi connectivity index (χ1n) is 12.0. The first-order valence-corrected chi connectivity index (χ1v) is 12.4. The van der Waals surface area contributed by atoms with E-state index in [2.05, 4.69) is 25.9 Å². The number of anilines is 4. The van der Waals surface area contributed by atoms with Crippen LogP contribution in [-0.4, -0.2) is 71.4 Å². The number of benzene rings is 2. The SMILES string of the molecule is CN(C)C/C=C/C(=O)Nc1ccc(C(=O)N2CC[C@H](Nc3ncc(Cl)c(Nc4ccccc4)n3)C2)cc1. The van der Waals surface area contributed by atoms with E-state index >= 15 is 0 Å². The smallest absolute Gasteiger partial charge is 0.253 e. The molecule has 10 heteroatoms. The lowest BCUT2D eigenvalue weighted by Crippen LogP contribution is -2.31. The molecule has 2 aromatic carbocycles. The normalized spacial score (nSPS) is 15.2. The Bertz CT molecular complexity index is 1250. The van der Waals surface area contributed by atoms with Crippen LogP contribution in [0, 0.1) is 0 Å². The van der Waals surface area contributed by atoms with Crippen LogP contribution in [-0.2, 0) is 4.79 Å². The Morgan fingerprint density at radius 2 is 1.86 bits per heavy atom. The lowest BCUT2D eigenvalue weighted by atomic mass is 10.2. The number of likely N-dealkylation sites (N-methyl/N-ethyl adjacent to an activating group) is 1. The van der Waals surface area contributed by atoms with Crippen molar-refractivity contribution in [3.8, 4) is 0 Å². The van der Waals surface area contributed by atoms with E-state index in [0.717, 1.165) is 12.1 Å². The van der Waals surface area contributed by atoms with E-state index in [1.165, 1.54) is 6.08 Å². The van der Waals surface area contributed by atoms with Crippen molar-refractivity contribution in [1.29, 1.82) is 0 Å². The van der Waals surface area contributed by atoms with Gasteiger partial charge in [-0.25, -0.2) is 4.98 Å². The lowest BCUT2D eigenvalue weighted by Gasteiger charge is -2.18. The molecule has 2 heterocycles. The third-order valence-corrected chi connectivity index (χ3v) is 6.01. The molecular formula is C27H30ClN7O2. The van der Waals surface area contributed by atoms with Crippen LogP contribution in [0.15, 0.2) is 72.9 Å². The first kappa shape index (κ1) is 26.1. The van der Waals surface area contributed by atoms with Crippen molar-refractivity contribution in [2.45, 2.75) is 12.5 Å². The predicted octanol–water partition coefficient (Wildman–Crippen LogP) is 4.26. The number of nitrogens with zero attached hydrogens (tertiary/aromatic N) is 4. The highest BCUT2D eigenvalue weighted by Gasteiger charge is 2.27. The number of para-hydroxylation sites is 1. The second-order valence-electron chi connectivity index (χ2n) is 8.99. The Labute approximate surface area is 221 Å². The molecule has 1 aliphatic heterocycles. The number of nitrogens with one attached hydrogen (secondary N) is 3. The number of amides is 2. The summed E-state index contributed by atoms with van der Waals surface area (Å²) in [5.41, 5.74) is 2.08. The fraction of sp³-hybridized carbons (Fsp3) is 0.259. The first-order chi connectivity index (χ1) is 17.9. The van der Waals surface area contributed by atoms with Crippen molar-refractivity contribution in [2.24, 2.45) is 0 Å². The van der Waals surface area contributed by atoms with Crippen molar-refractivity contribution in [3.05, 3.63) is 83.5 Å². The predicted molar refractivity (Wildman–Crippen MR) is 147 cm³/mol. The van der Waals surface area contributed by atoms with Gasteiger partial charge in [-0.05, 0) is 56.9 Å². The quantitative estimate of drug-likeness (QED) is 0.363. The van der Waals surface area contributed by atoms with E-state index in [4.69, 9.17) is 11.6 Å². The van der Waals surface area contributed by atoms with E-state index in [1.807, 2.05) is 49.3 Å². The van der Waals surface area contributed by atoms with Crippen LogP contribution in [0.1, 0.15) is 16.8 Å². The number of carbonyl (C=O) groups excluding carboxylic acids is 2. The van der Waals surface area contributed by atoms with Gasteiger partial charge in [-0.3, -0.25) is 9.59 Å². The Hall–Kier alpha value is -3.95. The summed E-state index contributed by atoms with van der Waals surface area (Å²) in [5.74, 6) is 0.691. The van der Waals surface area contributed by atoms with Gasteiger partial charge in [0.1, 0.15) is 5.02 Å². The van der Waals surface area contributed by atoms with Gasteiger partial charge >= 0.3 is 0 Å². The maximum absolute atomic E-state index is 13.0.